The fourth-order valence-electron chi connectivity index (χ4n) is 6.83. The van der Waals surface area contributed by atoms with Gasteiger partial charge in [-0.3, -0.25) is 0 Å². The number of hydrogen-bond donors (Lipinski definition) is 0. The van der Waals surface area contributed by atoms with Crippen molar-refractivity contribution in [3.63, 3.8) is 0 Å². The fraction of sp³-hybridized carbons (Fsp3) is 0.212. The van der Waals surface area contributed by atoms with Gasteiger partial charge in [0.15, 0.2) is 0 Å². The first-order valence-electron chi connectivity index (χ1n) is 13.9. The van der Waals surface area contributed by atoms with Crippen molar-refractivity contribution in [3.8, 4) is 17.2 Å². The Kier molecular flexibility index (Phi) is 4.91. The highest BCUT2D eigenvalue weighted by Gasteiger charge is 2.41. The van der Waals surface area contributed by atoms with Gasteiger partial charge >= 0.3 is 0 Å². The second kappa shape index (κ2) is 8.17. The van der Waals surface area contributed by atoms with Crippen molar-refractivity contribution in [2.24, 2.45) is 0 Å². The fourth-order valence-corrected chi connectivity index (χ4v) is 9.28. The van der Waals surface area contributed by atoms with Crippen LogP contribution >= 0.6 is 11.8 Å². The van der Waals surface area contributed by atoms with Crippen LogP contribution in [-0.4, -0.2) is 19.4 Å². The molecule has 186 valence electrons. The zero-order chi connectivity index (χ0) is 25.6. The summed E-state index contributed by atoms with van der Waals surface area (Å²) in [5.41, 5.74) is 9.52. The van der Waals surface area contributed by atoms with E-state index in [0.717, 1.165) is 24.3 Å². The van der Waals surface area contributed by atoms with Crippen molar-refractivity contribution in [2.45, 2.75) is 55.1 Å². The number of rotatable bonds is 2. The molecule has 1 aliphatic carbocycles. The summed E-state index contributed by atoms with van der Waals surface area (Å²) in [6.45, 7) is 7.50. The Hall–Kier alpha value is -3.15. The van der Waals surface area contributed by atoms with Gasteiger partial charge in [0, 0.05) is 20.9 Å². The molecule has 0 amide bonds. The molecule has 0 N–H and O–H groups in total. The van der Waals surface area contributed by atoms with Gasteiger partial charge in [0.05, 0.1) is 19.3 Å². The molecule has 0 fully saturated rings. The summed E-state index contributed by atoms with van der Waals surface area (Å²) < 4.78 is 9.41. The SMILES string of the molecule is C[Si](C)(C)c1ccc2c(c1)Sc1ccc(-n3c4c(c5ccccc53)CCCC4)c3c1B2c1ccccc1O3. The highest BCUT2D eigenvalue weighted by Crippen LogP contribution is 2.42. The number of nitrogens with zero attached hydrogens (tertiary/aromatic N) is 1. The average molecular weight is 528 g/mol. The van der Waals surface area contributed by atoms with Gasteiger partial charge in [-0.05, 0) is 72.5 Å². The van der Waals surface area contributed by atoms with Gasteiger partial charge in [-0.15, -0.1) is 0 Å². The molecular weight excluding hydrogens is 497 g/mol. The van der Waals surface area contributed by atoms with E-state index in [1.807, 2.05) is 11.8 Å². The second-order valence-corrected chi connectivity index (χ2v) is 18.1. The van der Waals surface area contributed by atoms with E-state index in [1.54, 1.807) is 0 Å². The van der Waals surface area contributed by atoms with Crippen LogP contribution in [0.3, 0.4) is 0 Å². The van der Waals surface area contributed by atoms with Gasteiger partial charge < -0.3 is 9.30 Å². The van der Waals surface area contributed by atoms with Crippen LogP contribution in [0.1, 0.15) is 24.1 Å². The van der Waals surface area contributed by atoms with Gasteiger partial charge in [0.2, 0.25) is 0 Å². The minimum absolute atomic E-state index is 0.189. The van der Waals surface area contributed by atoms with Crippen molar-refractivity contribution < 1.29 is 4.74 Å². The lowest BCUT2D eigenvalue weighted by molar-refractivity contribution is 0.483. The number of fused-ring (bicyclic) bond motifs is 7. The zero-order valence-electron chi connectivity index (χ0n) is 22.2. The van der Waals surface area contributed by atoms with Crippen LogP contribution in [0.5, 0.6) is 11.5 Å². The smallest absolute Gasteiger partial charge is 0.253 e. The number of hydrogen-bond acceptors (Lipinski definition) is 2. The third-order valence-corrected chi connectivity index (χ3v) is 11.9. The quantitative estimate of drug-likeness (QED) is 0.251. The minimum Gasteiger partial charge on any atom is -0.456 e. The molecule has 0 saturated heterocycles. The number of ether oxygens (including phenoxy) is 1. The maximum absolute atomic E-state index is 6.88. The van der Waals surface area contributed by atoms with Crippen LogP contribution in [0.4, 0.5) is 0 Å². The molecular formula is C33H30BNOSSi. The Labute approximate surface area is 230 Å². The van der Waals surface area contributed by atoms with Crippen molar-refractivity contribution >= 4 is 59.0 Å². The summed E-state index contributed by atoms with van der Waals surface area (Å²) in [6, 6.07) is 29.6. The summed E-state index contributed by atoms with van der Waals surface area (Å²) in [5.74, 6) is 2.02. The molecule has 0 atom stereocenters. The molecule has 2 nitrogen and oxygen atoms in total. The molecule has 8 rings (SSSR count). The molecule has 5 heteroatoms. The Morgan fingerprint density at radius 3 is 2.53 bits per heavy atom. The molecule has 2 aliphatic heterocycles. The Balaban J connectivity index is 1.41. The van der Waals surface area contributed by atoms with Gasteiger partial charge in [0.25, 0.3) is 6.71 Å². The van der Waals surface area contributed by atoms with Crippen LogP contribution in [0.25, 0.3) is 16.6 Å². The van der Waals surface area contributed by atoms with Crippen LogP contribution in [0.2, 0.25) is 19.6 Å². The lowest BCUT2D eigenvalue weighted by Gasteiger charge is -2.35. The van der Waals surface area contributed by atoms with Gasteiger partial charge in [-0.1, -0.05) is 90.6 Å². The predicted octanol–water partition coefficient (Wildman–Crippen LogP) is 6.14. The van der Waals surface area contributed by atoms with E-state index in [0.29, 0.717) is 0 Å². The van der Waals surface area contributed by atoms with E-state index in [2.05, 4.69) is 103 Å². The van der Waals surface area contributed by atoms with E-state index < -0.39 is 8.07 Å². The Morgan fingerprint density at radius 1 is 0.816 bits per heavy atom. The minimum atomic E-state index is -1.41. The molecule has 0 saturated carbocycles. The summed E-state index contributed by atoms with van der Waals surface area (Å²) >= 11 is 1.93. The number of benzene rings is 4. The van der Waals surface area contributed by atoms with E-state index in [4.69, 9.17) is 4.74 Å². The molecule has 5 aromatic rings. The first kappa shape index (κ1) is 22.8. The van der Waals surface area contributed by atoms with Gasteiger partial charge in [-0.25, -0.2) is 0 Å². The third kappa shape index (κ3) is 3.21. The van der Waals surface area contributed by atoms with E-state index in [9.17, 15) is 0 Å². The molecule has 4 aromatic carbocycles. The second-order valence-electron chi connectivity index (χ2n) is 12.0. The topological polar surface area (TPSA) is 14.2 Å². The van der Waals surface area contributed by atoms with E-state index >= 15 is 0 Å². The first-order chi connectivity index (χ1) is 18.5. The molecule has 0 spiro atoms. The summed E-state index contributed by atoms with van der Waals surface area (Å²) in [4.78, 5) is 2.73. The van der Waals surface area contributed by atoms with Crippen LogP contribution in [0, 0.1) is 0 Å². The molecule has 0 radical (unpaired) electrons. The molecule has 1 aromatic heterocycles. The van der Waals surface area contributed by atoms with Gasteiger partial charge in [0.1, 0.15) is 11.5 Å². The zero-order valence-corrected chi connectivity index (χ0v) is 24.0. The van der Waals surface area contributed by atoms with Crippen LogP contribution in [-0.2, 0) is 12.8 Å². The number of aromatic nitrogens is 1. The molecule has 3 aliphatic rings. The first-order valence-corrected chi connectivity index (χ1v) is 18.2. The van der Waals surface area contributed by atoms with E-state index in [-0.39, 0.29) is 6.71 Å². The van der Waals surface area contributed by atoms with E-state index in [1.165, 1.54) is 72.1 Å². The van der Waals surface area contributed by atoms with Crippen LogP contribution < -0.4 is 26.3 Å². The highest BCUT2D eigenvalue weighted by atomic mass is 32.2. The molecule has 0 unspecified atom stereocenters. The lowest BCUT2D eigenvalue weighted by Crippen LogP contribution is -2.58. The lowest BCUT2D eigenvalue weighted by atomic mass is 9.35. The maximum Gasteiger partial charge on any atom is 0.253 e. The maximum atomic E-state index is 6.88. The summed E-state index contributed by atoms with van der Waals surface area (Å²) in [5, 5.41) is 2.92. The van der Waals surface area contributed by atoms with Crippen molar-refractivity contribution in [2.75, 3.05) is 0 Å². The Morgan fingerprint density at radius 2 is 1.63 bits per heavy atom. The number of para-hydroxylation sites is 2. The van der Waals surface area contributed by atoms with Crippen molar-refractivity contribution in [3.05, 3.63) is 90.1 Å². The monoisotopic (exact) mass is 527 g/mol. The third-order valence-electron chi connectivity index (χ3n) is 8.70. The molecule has 0 bridgehead atoms. The number of aryl methyl sites for hydroxylation is 1. The highest BCUT2D eigenvalue weighted by molar-refractivity contribution is 8.00. The van der Waals surface area contributed by atoms with Crippen molar-refractivity contribution in [1.82, 2.24) is 4.57 Å². The Bertz CT molecular complexity index is 1780. The standard InChI is InChI=1S/C33H30BNOSSi/c1-38(2,3)21-16-17-25-31(20-21)37-30-19-18-28(33-32(30)34(25)24-12-6-9-15-29(24)36-33)35-26-13-7-4-10-22(26)23-11-5-8-14-27(23)35/h4,6-7,9-10,12-13,15-20H,5,8,11,14H2,1-3H3. The average Bonchev–Trinajstić information content (AvgIpc) is 3.26. The summed E-state index contributed by atoms with van der Waals surface area (Å²) in [6.07, 6.45) is 4.81. The largest absolute Gasteiger partial charge is 0.456 e. The molecule has 38 heavy (non-hydrogen) atoms. The van der Waals surface area contributed by atoms with Gasteiger partial charge in [-0.2, -0.15) is 0 Å². The summed E-state index contributed by atoms with van der Waals surface area (Å²) in [7, 11) is -1.41. The predicted molar refractivity (Wildman–Crippen MR) is 165 cm³/mol. The van der Waals surface area contributed by atoms with Crippen molar-refractivity contribution in [1.29, 1.82) is 0 Å². The normalized spacial score (nSPS) is 15.4. The van der Waals surface area contributed by atoms with Crippen LogP contribution in [0.15, 0.2) is 88.7 Å². The molecule has 3 heterocycles.